The molecule has 0 aromatic rings. The van der Waals surface area contributed by atoms with Crippen molar-refractivity contribution in [3.8, 4) is 0 Å². The zero-order chi connectivity index (χ0) is 24.2. The number of sulfonamides is 2. The molecule has 0 unspecified atom stereocenters. The molecule has 4 N–H and O–H groups in total. The average Bonchev–Trinajstić information content (AvgIpc) is 2.50. The number of rotatable bonds is 12. The van der Waals surface area contributed by atoms with Gasteiger partial charge in [0.25, 0.3) is 0 Å². The summed E-state index contributed by atoms with van der Waals surface area (Å²) in [7, 11) is -7.73. The van der Waals surface area contributed by atoms with Gasteiger partial charge in [-0.2, -0.15) is 0 Å². The van der Waals surface area contributed by atoms with E-state index in [1.54, 1.807) is 0 Å². The van der Waals surface area contributed by atoms with Crippen molar-refractivity contribution < 1.29 is 52.7 Å². The highest BCUT2D eigenvalue weighted by Crippen LogP contribution is 2.19. The Labute approximate surface area is 171 Å². The predicted molar refractivity (Wildman–Crippen MR) is 96.7 cm³/mol. The minimum Gasteiger partial charge on any atom is -0.292 e. The number of primary sulfonamides is 2. The fraction of sp³-hybridized carbons (Fsp3) is 0.714. The molecule has 0 aliphatic carbocycles. The van der Waals surface area contributed by atoms with E-state index >= 15 is 0 Å². The van der Waals surface area contributed by atoms with Crippen molar-refractivity contribution >= 4 is 20.0 Å². The molecule has 0 radical (unpaired) electrons. The number of ether oxygens (including phenoxy) is 2. The summed E-state index contributed by atoms with van der Waals surface area (Å²) < 4.78 is 120. The van der Waals surface area contributed by atoms with Crippen molar-refractivity contribution in [3.63, 3.8) is 0 Å². The largest absolute Gasteiger partial charge is 0.522 e. The average molecular weight is 494 g/mol. The number of halogens is 6. The molecule has 30 heavy (non-hydrogen) atoms. The Hall–Kier alpha value is -1.20. The van der Waals surface area contributed by atoms with Gasteiger partial charge in [0.15, 0.2) is 0 Å². The normalized spacial score (nSPS) is 14.9. The van der Waals surface area contributed by atoms with E-state index in [1.807, 2.05) is 0 Å². The number of allylic oxidation sites excluding steroid dienone is 2. The van der Waals surface area contributed by atoms with Crippen LogP contribution in [0.25, 0.3) is 0 Å². The van der Waals surface area contributed by atoms with Gasteiger partial charge in [0.05, 0.1) is 23.7 Å². The van der Waals surface area contributed by atoms with Crippen LogP contribution in [0.2, 0.25) is 0 Å². The summed E-state index contributed by atoms with van der Waals surface area (Å²) in [6.07, 6.45) is -7.58. The molecule has 180 valence electrons. The first kappa shape index (κ1) is 31.0. The van der Waals surface area contributed by atoms with Crippen LogP contribution in [0.4, 0.5) is 26.3 Å². The lowest BCUT2D eigenvalue weighted by Gasteiger charge is -2.13. The van der Waals surface area contributed by atoms with Gasteiger partial charge < -0.3 is 0 Å². The van der Waals surface area contributed by atoms with E-state index in [0.29, 0.717) is 0 Å². The van der Waals surface area contributed by atoms with E-state index in [-0.39, 0.29) is 25.7 Å². The summed E-state index contributed by atoms with van der Waals surface area (Å²) >= 11 is 0. The SMILES string of the molecule is C=CC[C@@H](CCOC(F)(F)F)S(N)(=O)=O.C=CC[C@H](CCOC(F)(F)F)S(N)(=O)=O. The first-order valence-corrected chi connectivity index (χ1v) is 11.2. The monoisotopic (exact) mass is 494 g/mol. The van der Waals surface area contributed by atoms with Crippen molar-refractivity contribution in [2.45, 2.75) is 48.9 Å². The van der Waals surface area contributed by atoms with Gasteiger partial charge in [0, 0.05) is 0 Å². The maximum absolute atomic E-state index is 11.6. The molecule has 0 spiro atoms. The summed E-state index contributed by atoms with van der Waals surface area (Å²) in [5.41, 5.74) is 0. The van der Waals surface area contributed by atoms with Gasteiger partial charge in [-0.25, -0.2) is 27.1 Å². The number of alkyl halides is 6. The van der Waals surface area contributed by atoms with Crippen molar-refractivity contribution in [2.75, 3.05) is 13.2 Å². The van der Waals surface area contributed by atoms with Gasteiger partial charge >= 0.3 is 12.7 Å². The van der Waals surface area contributed by atoms with Crippen molar-refractivity contribution in [3.05, 3.63) is 25.3 Å². The third-order valence-electron chi connectivity index (χ3n) is 3.20. The van der Waals surface area contributed by atoms with Crippen LogP contribution >= 0.6 is 0 Å². The van der Waals surface area contributed by atoms with E-state index in [1.165, 1.54) is 12.2 Å². The second-order valence-electron chi connectivity index (χ2n) is 5.64. The van der Waals surface area contributed by atoms with Crippen molar-refractivity contribution in [2.24, 2.45) is 10.3 Å². The smallest absolute Gasteiger partial charge is 0.292 e. The Morgan fingerprint density at radius 3 is 1.17 bits per heavy atom. The van der Waals surface area contributed by atoms with E-state index in [2.05, 4.69) is 22.6 Å². The highest BCUT2D eigenvalue weighted by Gasteiger charge is 2.31. The lowest BCUT2D eigenvalue weighted by molar-refractivity contribution is -0.325. The van der Waals surface area contributed by atoms with Crippen LogP contribution in [-0.2, 0) is 29.5 Å². The second-order valence-corrected chi connectivity index (χ2v) is 9.33. The third kappa shape index (κ3) is 18.8. The van der Waals surface area contributed by atoms with Crippen LogP contribution in [0.15, 0.2) is 25.3 Å². The minimum atomic E-state index is -4.75. The van der Waals surface area contributed by atoms with Crippen molar-refractivity contribution in [1.82, 2.24) is 0 Å². The lowest BCUT2D eigenvalue weighted by Crippen LogP contribution is -2.30. The fourth-order valence-electron chi connectivity index (χ4n) is 1.82. The van der Waals surface area contributed by atoms with E-state index in [4.69, 9.17) is 10.3 Å². The summed E-state index contributed by atoms with van der Waals surface area (Å²) in [6, 6.07) is 0. The Balaban J connectivity index is 0. The molecule has 0 heterocycles. The van der Waals surface area contributed by atoms with Gasteiger partial charge in [-0.3, -0.25) is 9.47 Å². The first-order valence-electron chi connectivity index (χ1n) is 7.99. The molecule has 2 atom stereocenters. The predicted octanol–water partition coefficient (Wildman–Crippen LogP) is 2.29. The summed E-state index contributed by atoms with van der Waals surface area (Å²) in [6.45, 7) is 5.10. The molecule has 0 saturated heterocycles. The number of nitrogens with two attached hydrogens (primary N) is 2. The Morgan fingerprint density at radius 1 is 0.733 bits per heavy atom. The molecule has 0 fully saturated rings. The number of hydrogen-bond donors (Lipinski definition) is 2. The van der Waals surface area contributed by atoms with Crippen LogP contribution in [0.3, 0.4) is 0 Å². The summed E-state index contributed by atoms with van der Waals surface area (Å²) in [4.78, 5) is 0. The second kappa shape index (κ2) is 13.3. The van der Waals surface area contributed by atoms with E-state index in [9.17, 15) is 43.2 Å². The Kier molecular flexibility index (Phi) is 13.7. The molecule has 0 amide bonds. The Morgan fingerprint density at radius 2 is 1.00 bits per heavy atom. The Bertz CT molecular complexity index is 660. The molecule has 0 aromatic heterocycles. The zero-order valence-electron chi connectivity index (χ0n) is 15.7. The number of hydrogen-bond acceptors (Lipinski definition) is 6. The zero-order valence-corrected chi connectivity index (χ0v) is 17.3. The third-order valence-corrected chi connectivity index (χ3v) is 5.91. The summed E-state index contributed by atoms with van der Waals surface area (Å²) in [5, 5.41) is 7.43. The van der Waals surface area contributed by atoms with Crippen LogP contribution in [-0.4, -0.2) is 53.3 Å². The van der Waals surface area contributed by atoms with Crippen LogP contribution in [0.5, 0.6) is 0 Å². The maximum Gasteiger partial charge on any atom is 0.522 e. The summed E-state index contributed by atoms with van der Waals surface area (Å²) in [5.74, 6) is 0. The molecule has 8 nitrogen and oxygen atoms in total. The maximum atomic E-state index is 11.6. The van der Waals surface area contributed by atoms with Crippen LogP contribution in [0, 0.1) is 0 Å². The molecule has 0 aliphatic rings. The van der Waals surface area contributed by atoms with Gasteiger partial charge in [-0.1, -0.05) is 12.2 Å². The molecule has 0 bridgehead atoms. The van der Waals surface area contributed by atoms with Crippen LogP contribution < -0.4 is 10.3 Å². The lowest BCUT2D eigenvalue weighted by atomic mass is 10.2. The van der Waals surface area contributed by atoms with Gasteiger partial charge in [0.1, 0.15) is 0 Å². The van der Waals surface area contributed by atoms with E-state index in [0.717, 1.165) is 0 Å². The van der Waals surface area contributed by atoms with Crippen LogP contribution in [0.1, 0.15) is 25.7 Å². The highest BCUT2D eigenvalue weighted by atomic mass is 32.2. The molecule has 0 rings (SSSR count). The van der Waals surface area contributed by atoms with Gasteiger partial charge in [-0.15, -0.1) is 39.5 Å². The first-order chi connectivity index (χ1) is 13.3. The van der Waals surface area contributed by atoms with Gasteiger partial charge in [-0.05, 0) is 25.7 Å². The fourth-order valence-corrected chi connectivity index (χ4v) is 3.47. The molecule has 0 aliphatic heterocycles. The highest BCUT2D eigenvalue weighted by molar-refractivity contribution is 7.90. The van der Waals surface area contributed by atoms with E-state index < -0.39 is 56.5 Å². The quantitative estimate of drug-likeness (QED) is 0.315. The molecule has 0 aromatic carbocycles. The minimum absolute atomic E-state index is 0.0000501. The molecule has 0 saturated carbocycles. The molecule has 16 heteroatoms. The molecular formula is C14H24F6N2O6S2. The topological polar surface area (TPSA) is 139 Å². The standard InChI is InChI=1S/2C7H12F3NO3S/c2*1-2-3-6(15(11,12)13)4-5-14-7(8,9)10/h2*2,6H,1,3-5H2,(H2,11,12,13)/t2*6-/m10/s1. The van der Waals surface area contributed by atoms with Crippen molar-refractivity contribution in [1.29, 1.82) is 0 Å². The van der Waals surface area contributed by atoms with Gasteiger partial charge in [0.2, 0.25) is 20.0 Å². The molecular weight excluding hydrogens is 470 g/mol.